The molecule has 1 aromatic heterocycles. The molecule has 0 fully saturated rings. The predicted octanol–water partition coefficient (Wildman–Crippen LogP) is 3.27. The number of hydroxylamine groups is 1. The Morgan fingerprint density at radius 3 is 2.32 bits per heavy atom. The molecule has 31 heavy (non-hydrogen) atoms. The third kappa shape index (κ3) is 7.24. The number of pyridine rings is 1. The van der Waals surface area contributed by atoms with Crippen LogP contribution in [0.2, 0.25) is 0 Å². The second kappa shape index (κ2) is 11.5. The molecule has 0 saturated heterocycles. The van der Waals surface area contributed by atoms with Crippen LogP contribution in [-0.2, 0) is 22.6 Å². The van der Waals surface area contributed by atoms with E-state index >= 15 is 0 Å². The van der Waals surface area contributed by atoms with Gasteiger partial charge in [0.15, 0.2) is 0 Å². The van der Waals surface area contributed by atoms with Gasteiger partial charge in [-0.15, -0.1) is 0 Å². The van der Waals surface area contributed by atoms with Crippen molar-refractivity contribution < 1.29 is 19.5 Å². The van der Waals surface area contributed by atoms with E-state index in [1.807, 2.05) is 66.7 Å². The van der Waals surface area contributed by atoms with Crippen LogP contribution in [0.25, 0.3) is 11.1 Å². The molecule has 0 bridgehead atoms. The monoisotopic (exact) mass is 419 g/mol. The average molecular weight is 419 g/mol. The molecule has 7 heteroatoms. The van der Waals surface area contributed by atoms with Crippen molar-refractivity contribution >= 4 is 11.8 Å². The Hall–Kier alpha value is -3.71. The van der Waals surface area contributed by atoms with E-state index in [9.17, 15) is 9.59 Å². The zero-order valence-electron chi connectivity index (χ0n) is 17.1. The highest BCUT2D eigenvalue weighted by Gasteiger charge is 2.06. The number of hydrogen-bond donors (Lipinski definition) is 3. The normalized spacial score (nSPS) is 10.4. The van der Waals surface area contributed by atoms with Crippen LogP contribution in [0.15, 0.2) is 72.9 Å². The Bertz CT molecular complexity index is 974. The minimum Gasteiger partial charge on any atom is -0.494 e. The number of carbonyl (C=O) groups excluding carboxylic acids is 2. The van der Waals surface area contributed by atoms with Gasteiger partial charge in [0.2, 0.25) is 11.8 Å². The zero-order chi connectivity index (χ0) is 21.9. The Morgan fingerprint density at radius 1 is 0.903 bits per heavy atom. The lowest BCUT2D eigenvalue weighted by molar-refractivity contribution is -0.129. The molecular formula is C24H25N3O4. The van der Waals surface area contributed by atoms with Gasteiger partial charge in [-0.1, -0.05) is 48.5 Å². The number of aromatic nitrogens is 1. The molecule has 3 rings (SSSR count). The van der Waals surface area contributed by atoms with E-state index in [2.05, 4.69) is 10.3 Å². The van der Waals surface area contributed by atoms with Crippen molar-refractivity contribution in [1.82, 2.24) is 15.8 Å². The summed E-state index contributed by atoms with van der Waals surface area (Å²) in [6, 6.07) is 21.1. The topological polar surface area (TPSA) is 101 Å². The number of benzene rings is 2. The van der Waals surface area contributed by atoms with Gasteiger partial charge in [-0.3, -0.25) is 19.8 Å². The largest absolute Gasteiger partial charge is 0.494 e. The van der Waals surface area contributed by atoms with Gasteiger partial charge >= 0.3 is 0 Å². The maximum atomic E-state index is 12.1. The predicted molar refractivity (Wildman–Crippen MR) is 116 cm³/mol. The van der Waals surface area contributed by atoms with Crippen molar-refractivity contribution in [3.63, 3.8) is 0 Å². The third-order valence-electron chi connectivity index (χ3n) is 4.63. The minimum absolute atomic E-state index is 0.0675. The van der Waals surface area contributed by atoms with E-state index in [-0.39, 0.29) is 18.7 Å². The number of hydrogen-bond acceptors (Lipinski definition) is 5. The first-order valence-electron chi connectivity index (χ1n) is 10.1. The fourth-order valence-electron chi connectivity index (χ4n) is 2.95. The lowest BCUT2D eigenvalue weighted by Crippen LogP contribution is -2.24. The highest BCUT2D eigenvalue weighted by molar-refractivity contribution is 5.78. The van der Waals surface area contributed by atoms with Crippen LogP contribution in [0, 0.1) is 0 Å². The number of carbonyl (C=O) groups is 2. The van der Waals surface area contributed by atoms with E-state index in [1.165, 1.54) is 0 Å². The highest BCUT2D eigenvalue weighted by Crippen LogP contribution is 2.22. The highest BCUT2D eigenvalue weighted by atomic mass is 16.5. The third-order valence-corrected chi connectivity index (χ3v) is 4.63. The first kappa shape index (κ1) is 22.0. The van der Waals surface area contributed by atoms with Crippen molar-refractivity contribution in [2.75, 3.05) is 6.61 Å². The summed E-state index contributed by atoms with van der Waals surface area (Å²) < 4.78 is 5.59. The van der Waals surface area contributed by atoms with Gasteiger partial charge in [0, 0.05) is 30.4 Å². The zero-order valence-corrected chi connectivity index (χ0v) is 17.1. The SMILES string of the molecule is O=C(CCCOc1ccc(-c2ccc(CC(=O)NCc3ccccc3)nc2)cc1)NO. The smallest absolute Gasteiger partial charge is 0.243 e. The van der Waals surface area contributed by atoms with Crippen LogP contribution >= 0.6 is 0 Å². The molecule has 0 radical (unpaired) electrons. The standard InChI is InChI=1S/C24H25N3O4/c28-23(27-30)7-4-14-31-22-12-9-19(10-13-22)20-8-11-21(25-17-20)15-24(29)26-16-18-5-2-1-3-6-18/h1-3,5-6,8-13,17,30H,4,7,14-16H2,(H,26,29)(H,27,28). The van der Waals surface area contributed by atoms with E-state index in [1.54, 1.807) is 11.7 Å². The Balaban J connectivity index is 1.46. The molecular weight excluding hydrogens is 394 g/mol. The van der Waals surface area contributed by atoms with Gasteiger partial charge in [0.25, 0.3) is 0 Å². The summed E-state index contributed by atoms with van der Waals surface area (Å²) in [7, 11) is 0. The molecule has 160 valence electrons. The molecule has 0 aliphatic rings. The fourth-order valence-corrected chi connectivity index (χ4v) is 2.95. The summed E-state index contributed by atoms with van der Waals surface area (Å²) >= 11 is 0. The van der Waals surface area contributed by atoms with E-state index < -0.39 is 5.91 Å². The molecule has 0 aliphatic heterocycles. The fraction of sp³-hybridized carbons (Fsp3) is 0.208. The van der Waals surface area contributed by atoms with Crippen LogP contribution in [0.4, 0.5) is 0 Å². The van der Waals surface area contributed by atoms with Crippen LogP contribution in [0.3, 0.4) is 0 Å². The number of nitrogens with zero attached hydrogens (tertiary/aromatic N) is 1. The molecule has 1 heterocycles. The van der Waals surface area contributed by atoms with Crippen molar-refractivity contribution in [2.45, 2.75) is 25.8 Å². The Labute approximate surface area is 181 Å². The van der Waals surface area contributed by atoms with Crippen LogP contribution in [0.1, 0.15) is 24.1 Å². The molecule has 2 aromatic carbocycles. The average Bonchev–Trinajstić information content (AvgIpc) is 2.82. The molecule has 7 nitrogen and oxygen atoms in total. The quantitative estimate of drug-likeness (QED) is 0.266. The maximum absolute atomic E-state index is 12.1. The number of rotatable bonds is 10. The van der Waals surface area contributed by atoms with Gasteiger partial charge in [-0.2, -0.15) is 0 Å². The summed E-state index contributed by atoms with van der Waals surface area (Å²) in [6.45, 7) is 0.885. The number of nitrogens with one attached hydrogen (secondary N) is 2. The number of amides is 2. The lowest BCUT2D eigenvalue weighted by atomic mass is 10.1. The molecule has 2 amide bonds. The maximum Gasteiger partial charge on any atom is 0.243 e. The molecule has 0 aliphatic carbocycles. The second-order valence-electron chi connectivity index (χ2n) is 6.99. The first-order chi connectivity index (χ1) is 15.1. The van der Waals surface area contributed by atoms with Crippen LogP contribution < -0.4 is 15.5 Å². The molecule has 0 unspecified atom stereocenters. The van der Waals surface area contributed by atoms with Crippen LogP contribution in [-0.4, -0.2) is 28.6 Å². The van der Waals surface area contributed by atoms with Gasteiger partial charge in [0.1, 0.15) is 5.75 Å². The molecule has 0 spiro atoms. The van der Waals surface area contributed by atoms with E-state index in [0.29, 0.717) is 31.0 Å². The number of ether oxygens (including phenoxy) is 1. The van der Waals surface area contributed by atoms with Gasteiger partial charge in [0.05, 0.1) is 13.0 Å². The van der Waals surface area contributed by atoms with Crippen molar-refractivity contribution in [2.24, 2.45) is 0 Å². The molecule has 3 aromatic rings. The minimum atomic E-state index is -0.427. The van der Waals surface area contributed by atoms with Gasteiger partial charge < -0.3 is 10.1 Å². The molecule has 0 saturated carbocycles. The van der Waals surface area contributed by atoms with Crippen molar-refractivity contribution in [1.29, 1.82) is 0 Å². The molecule has 3 N–H and O–H groups in total. The summed E-state index contributed by atoms with van der Waals surface area (Å²) in [5, 5.41) is 11.4. The molecule has 0 atom stereocenters. The first-order valence-corrected chi connectivity index (χ1v) is 10.1. The second-order valence-corrected chi connectivity index (χ2v) is 6.99. The van der Waals surface area contributed by atoms with Crippen molar-refractivity contribution in [3.05, 3.63) is 84.2 Å². The van der Waals surface area contributed by atoms with E-state index in [4.69, 9.17) is 9.94 Å². The summed E-state index contributed by atoms with van der Waals surface area (Å²) in [4.78, 5) is 27.5. The summed E-state index contributed by atoms with van der Waals surface area (Å²) in [5.41, 5.74) is 5.29. The van der Waals surface area contributed by atoms with E-state index in [0.717, 1.165) is 16.7 Å². The lowest BCUT2D eigenvalue weighted by Gasteiger charge is -2.08. The van der Waals surface area contributed by atoms with Gasteiger partial charge in [-0.05, 0) is 35.7 Å². The van der Waals surface area contributed by atoms with Crippen molar-refractivity contribution in [3.8, 4) is 16.9 Å². The Kier molecular flexibility index (Phi) is 8.13. The summed E-state index contributed by atoms with van der Waals surface area (Å²) in [6.07, 6.45) is 2.70. The summed E-state index contributed by atoms with van der Waals surface area (Å²) in [5.74, 6) is 0.207. The van der Waals surface area contributed by atoms with Crippen LogP contribution in [0.5, 0.6) is 5.75 Å². The van der Waals surface area contributed by atoms with Gasteiger partial charge in [-0.25, -0.2) is 5.48 Å². The Morgan fingerprint density at radius 2 is 1.65 bits per heavy atom.